The Kier molecular flexibility index (Phi) is 5.32. The molecule has 0 aliphatic carbocycles. The number of nitrogens with zero attached hydrogens (tertiary/aromatic N) is 3. The van der Waals surface area contributed by atoms with E-state index in [9.17, 15) is 0 Å². The second-order valence-electron chi connectivity index (χ2n) is 4.71. The molecule has 1 fully saturated rings. The highest BCUT2D eigenvalue weighted by atomic mass is 79.9. The SMILES string of the molecule is CC(=NCCN1CCCCC1)c1cccc(Br)n1. The van der Waals surface area contributed by atoms with Crippen molar-refractivity contribution in [2.75, 3.05) is 26.2 Å². The van der Waals surface area contributed by atoms with Crippen molar-refractivity contribution < 1.29 is 0 Å². The highest BCUT2D eigenvalue weighted by Crippen LogP contribution is 2.09. The maximum atomic E-state index is 4.62. The molecule has 3 nitrogen and oxygen atoms in total. The fourth-order valence-electron chi connectivity index (χ4n) is 2.23. The molecule has 1 saturated heterocycles. The van der Waals surface area contributed by atoms with E-state index in [2.05, 4.69) is 30.8 Å². The predicted molar refractivity (Wildman–Crippen MR) is 79.3 cm³/mol. The van der Waals surface area contributed by atoms with E-state index in [0.29, 0.717) is 0 Å². The molecule has 0 saturated carbocycles. The predicted octanol–water partition coefficient (Wildman–Crippen LogP) is 3.14. The Morgan fingerprint density at radius 1 is 1.33 bits per heavy atom. The van der Waals surface area contributed by atoms with Crippen LogP contribution < -0.4 is 0 Å². The topological polar surface area (TPSA) is 28.5 Å². The van der Waals surface area contributed by atoms with Gasteiger partial charge >= 0.3 is 0 Å². The largest absolute Gasteiger partial charge is 0.301 e. The van der Waals surface area contributed by atoms with Crippen molar-refractivity contribution in [2.24, 2.45) is 4.99 Å². The van der Waals surface area contributed by atoms with Crippen LogP contribution in [-0.2, 0) is 0 Å². The molecule has 4 heteroatoms. The van der Waals surface area contributed by atoms with Crippen molar-refractivity contribution in [1.82, 2.24) is 9.88 Å². The van der Waals surface area contributed by atoms with Gasteiger partial charge in [0.15, 0.2) is 0 Å². The van der Waals surface area contributed by atoms with E-state index in [1.165, 1.54) is 32.4 Å². The monoisotopic (exact) mass is 309 g/mol. The van der Waals surface area contributed by atoms with Gasteiger partial charge in [-0.2, -0.15) is 0 Å². The van der Waals surface area contributed by atoms with Gasteiger partial charge in [0, 0.05) is 6.54 Å². The van der Waals surface area contributed by atoms with Crippen LogP contribution in [0.15, 0.2) is 27.8 Å². The van der Waals surface area contributed by atoms with Gasteiger partial charge < -0.3 is 4.90 Å². The Morgan fingerprint density at radius 2 is 2.11 bits per heavy atom. The molecular weight excluding hydrogens is 290 g/mol. The lowest BCUT2D eigenvalue weighted by atomic mass is 10.1. The summed E-state index contributed by atoms with van der Waals surface area (Å²) in [5.41, 5.74) is 1.98. The molecule has 0 aromatic carbocycles. The fourth-order valence-corrected chi connectivity index (χ4v) is 2.58. The Morgan fingerprint density at radius 3 is 2.83 bits per heavy atom. The van der Waals surface area contributed by atoms with Crippen molar-refractivity contribution in [1.29, 1.82) is 0 Å². The molecule has 0 spiro atoms. The Balaban J connectivity index is 1.84. The average Bonchev–Trinajstić information content (AvgIpc) is 2.40. The van der Waals surface area contributed by atoms with Gasteiger partial charge in [0.05, 0.1) is 18.0 Å². The van der Waals surface area contributed by atoms with Gasteiger partial charge in [0.25, 0.3) is 0 Å². The summed E-state index contributed by atoms with van der Waals surface area (Å²) in [6.07, 6.45) is 4.08. The van der Waals surface area contributed by atoms with Crippen LogP contribution >= 0.6 is 15.9 Å². The number of likely N-dealkylation sites (tertiary alicyclic amines) is 1. The first-order valence-corrected chi connectivity index (χ1v) is 7.41. The van der Waals surface area contributed by atoms with Gasteiger partial charge in [0.1, 0.15) is 4.60 Å². The highest BCUT2D eigenvalue weighted by molar-refractivity contribution is 9.10. The van der Waals surface area contributed by atoms with Crippen LogP contribution in [0.3, 0.4) is 0 Å². The summed E-state index contributed by atoms with van der Waals surface area (Å²) in [6, 6.07) is 5.94. The van der Waals surface area contributed by atoms with Crippen LogP contribution in [0.25, 0.3) is 0 Å². The van der Waals surface area contributed by atoms with E-state index >= 15 is 0 Å². The first-order chi connectivity index (χ1) is 8.75. The van der Waals surface area contributed by atoms with Gasteiger partial charge in [-0.05, 0) is 60.9 Å². The number of aromatic nitrogens is 1. The van der Waals surface area contributed by atoms with Crippen LogP contribution in [0.5, 0.6) is 0 Å². The molecule has 1 aliphatic rings. The molecule has 1 aliphatic heterocycles. The van der Waals surface area contributed by atoms with Gasteiger partial charge in [0.2, 0.25) is 0 Å². The molecule has 1 aromatic rings. The minimum absolute atomic E-state index is 0.866. The number of rotatable bonds is 4. The normalized spacial score (nSPS) is 18.0. The van der Waals surface area contributed by atoms with Crippen LogP contribution in [-0.4, -0.2) is 41.8 Å². The molecule has 0 N–H and O–H groups in total. The smallest absolute Gasteiger partial charge is 0.106 e. The van der Waals surface area contributed by atoms with E-state index in [1.807, 2.05) is 25.1 Å². The average molecular weight is 310 g/mol. The van der Waals surface area contributed by atoms with Crippen molar-refractivity contribution in [3.8, 4) is 0 Å². The number of halogens is 1. The molecule has 18 heavy (non-hydrogen) atoms. The number of hydrogen-bond acceptors (Lipinski definition) is 3. The van der Waals surface area contributed by atoms with Gasteiger partial charge in [-0.3, -0.25) is 4.99 Å². The molecule has 0 bridgehead atoms. The van der Waals surface area contributed by atoms with Crippen molar-refractivity contribution in [3.63, 3.8) is 0 Å². The first kappa shape index (κ1) is 13.7. The number of hydrogen-bond donors (Lipinski definition) is 0. The lowest BCUT2D eigenvalue weighted by Gasteiger charge is -2.25. The molecule has 2 rings (SSSR count). The molecule has 2 heterocycles. The summed E-state index contributed by atoms with van der Waals surface area (Å²) in [4.78, 5) is 11.5. The van der Waals surface area contributed by atoms with E-state index in [4.69, 9.17) is 0 Å². The summed E-state index contributed by atoms with van der Waals surface area (Å²) >= 11 is 3.39. The molecule has 98 valence electrons. The Bertz CT molecular complexity index is 411. The Labute approximate surface area is 117 Å². The molecule has 0 unspecified atom stereocenters. The van der Waals surface area contributed by atoms with Crippen LogP contribution in [0, 0.1) is 0 Å². The third kappa shape index (κ3) is 4.18. The maximum absolute atomic E-state index is 4.62. The van der Waals surface area contributed by atoms with Crippen molar-refractivity contribution in [2.45, 2.75) is 26.2 Å². The number of piperidine rings is 1. The minimum atomic E-state index is 0.866. The third-order valence-corrected chi connectivity index (χ3v) is 3.74. The lowest BCUT2D eigenvalue weighted by Crippen LogP contribution is -2.31. The molecule has 0 radical (unpaired) electrons. The first-order valence-electron chi connectivity index (χ1n) is 6.62. The second-order valence-corrected chi connectivity index (χ2v) is 5.53. The van der Waals surface area contributed by atoms with E-state index in [0.717, 1.165) is 29.1 Å². The fraction of sp³-hybridized carbons (Fsp3) is 0.571. The highest BCUT2D eigenvalue weighted by Gasteiger charge is 2.08. The third-order valence-electron chi connectivity index (χ3n) is 3.30. The van der Waals surface area contributed by atoms with E-state index in [-0.39, 0.29) is 0 Å². The maximum Gasteiger partial charge on any atom is 0.106 e. The zero-order valence-electron chi connectivity index (χ0n) is 10.9. The van der Waals surface area contributed by atoms with E-state index < -0.39 is 0 Å². The van der Waals surface area contributed by atoms with Crippen molar-refractivity contribution in [3.05, 3.63) is 28.5 Å². The zero-order valence-corrected chi connectivity index (χ0v) is 12.5. The molecular formula is C14H20BrN3. The second kappa shape index (κ2) is 7.00. The van der Waals surface area contributed by atoms with Gasteiger partial charge in [-0.15, -0.1) is 0 Å². The van der Waals surface area contributed by atoms with Crippen LogP contribution in [0.4, 0.5) is 0 Å². The summed E-state index contributed by atoms with van der Waals surface area (Å²) in [6.45, 7) is 6.46. The van der Waals surface area contributed by atoms with Crippen molar-refractivity contribution >= 4 is 21.6 Å². The number of pyridine rings is 1. The molecule has 0 amide bonds. The minimum Gasteiger partial charge on any atom is -0.301 e. The van der Waals surface area contributed by atoms with Gasteiger partial charge in [-0.25, -0.2) is 4.98 Å². The van der Waals surface area contributed by atoms with Crippen LogP contribution in [0.1, 0.15) is 31.9 Å². The standard InChI is InChI=1S/C14H20BrN3/c1-12(13-6-5-7-14(15)17-13)16-8-11-18-9-3-2-4-10-18/h5-7H,2-4,8-11H2,1H3. The quantitative estimate of drug-likeness (QED) is 0.631. The number of aliphatic imine (C=N–C) groups is 1. The summed E-state index contributed by atoms with van der Waals surface area (Å²) in [5, 5.41) is 0. The molecule has 1 aromatic heterocycles. The summed E-state index contributed by atoms with van der Waals surface area (Å²) in [7, 11) is 0. The summed E-state index contributed by atoms with van der Waals surface area (Å²) in [5.74, 6) is 0. The Hall–Kier alpha value is -0.740. The van der Waals surface area contributed by atoms with Crippen LogP contribution in [0.2, 0.25) is 0 Å². The molecule has 0 atom stereocenters. The lowest BCUT2D eigenvalue weighted by molar-refractivity contribution is 0.235. The zero-order chi connectivity index (χ0) is 12.8. The summed E-state index contributed by atoms with van der Waals surface area (Å²) < 4.78 is 0.866. The van der Waals surface area contributed by atoms with Gasteiger partial charge in [-0.1, -0.05) is 12.5 Å². The van der Waals surface area contributed by atoms with E-state index in [1.54, 1.807) is 0 Å².